The minimum Gasteiger partial charge on any atom is -0.492 e. The second kappa shape index (κ2) is 7.85. The first-order valence-corrected chi connectivity index (χ1v) is 6.70. The van der Waals surface area contributed by atoms with Crippen molar-refractivity contribution in [1.29, 1.82) is 0 Å². The molecule has 0 saturated carbocycles. The highest BCUT2D eigenvalue weighted by molar-refractivity contribution is 6.35. The number of aryl methyl sites for hydroxylation is 1. The summed E-state index contributed by atoms with van der Waals surface area (Å²) < 4.78 is 5.51. The van der Waals surface area contributed by atoms with E-state index in [1.54, 1.807) is 6.07 Å². The van der Waals surface area contributed by atoms with Crippen LogP contribution >= 0.6 is 23.2 Å². The number of hydrogen-bond acceptors (Lipinski definition) is 3. The first-order chi connectivity index (χ1) is 8.62. The average Bonchev–Trinajstić information content (AvgIpc) is 2.34. The fraction of sp³-hybridized carbons (Fsp3) is 0.538. The molecule has 0 atom stereocenters. The normalized spacial score (nSPS) is 11.0. The Labute approximate surface area is 117 Å². The molecule has 0 unspecified atom stereocenters. The Bertz CT molecular complexity index is 379. The van der Waals surface area contributed by atoms with Crippen LogP contribution in [0.1, 0.15) is 18.9 Å². The summed E-state index contributed by atoms with van der Waals surface area (Å²) in [5.41, 5.74) is 0.904. The SMILES string of the molecule is CCOc1c(Cl)cc(Cl)cc1CCC(CO)CO. The summed E-state index contributed by atoms with van der Waals surface area (Å²) in [5.74, 6) is 0.510. The number of rotatable bonds is 7. The van der Waals surface area contributed by atoms with Crippen LogP contribution in [0.15, 0.2) is 12.1 Å². The molecule has 0 aliphatic rings. The summed E-state index contributed by atoms with van der Waals surface area (Å²) in [6, 6.07) is 3.46. The molecule has 0 aromatic heterocycles. The lowest BCUT2D eigenvalue weighted by Crippen LogP contribution is -2.12. The van der Waals surface area contributed by atoms with Gasteiger partial charge < -0.3 is 14.9 Å². The van der Waals surface area contributed by atoms with E-state index in [1.807, 2.05) is 13.0 Å². The van der Waals surface area contributed by atoms with Crippen LogP contribution in [0.25, 0.3) is 0 Å². The molecule has 1 rings (SSSR count). The second-order valence-electron chi connectivity index (χ2n) is 4.08. The molecule has 2 N–H and O–H groups in total. The molecule has 5 heteroatoms. The number of aliphatic hydroxyl groups is 2. The lowest BCUT2D eigenvalue weighted by atomic mass is 10.0. The predicted molar refractivity (Wildman–Crippen MR) is 73.6 cm³/mol. The van der Waals surface area contributed by atoms with Crippen molar-refractivity contribution in [2.24, 2.45) is 5.92 Å². The predicted octanol–water partition coefficient (Wildman–Crippen LogP) is 2.93. The lowest BCUT2D eigenvalue weighted by molar-refractivity contribution is 0.144. The maximum atomic E-state index is 9.04. The first-order valence-electron chi connectivity index (χ1n) is 5.94. The fourth-order valence-corrected chi connectivity index (χ4v) is 2.30. The maximum absolute atomic E-state index is 9.04. The van der Waals surface area contributed by atoms with E-state index in [2.05, 4.69) is 0 Å². The van der Waals surface area contributed by atoms with Gasteiger partial charge in [-0.2, -0.15) is 0 Å². The van der Waals surface area contributed by atoms with Gasteiger partial charge in [-0.3, -0.25) is 0 Å². The highest BCUT2D eigenvalue weighted by atomic mass is 35.5. The van der Waals surface area contributed by atoms with Crippen molar-refractivity contribution in [2.45, 2.75) is 19.8 Å². The summed E-state index contributed by atoms with van der Waals surface area (Å²) in [5, 5.41) is 19.1. The van der Waals surface area contributed by atoms with Gasteiger partial charge in [0.05, 0.1) is 11.6 Å². The minimum absolute atomic E-state index is 0.0330. The average molecular weight is 293 g/mol. The molecule has 0 bridgehead atoms. The summed E-state index contributed by atoms with van der Waals surface area (Å²) in [4.78, 5) is 0. The van der Waals surface area contributed by atoms with E-state index >= 15 is 0 Å². The molecule has 102 valence electrons. The Morgan fingerprint density at radius 1 is 1.22 bits per heavy atom. The molecule has 3 nitrogen and oxygen atoms in total. The summed E-state index contributed by atoms with van der Waals surface area (Å²) in [6.45, 7) is 2.35. The van der Waals surface area contributed by atoms with Crippen molar-refractivity contribution in [2.75, 3.05) is 19.8 Å². The Hall–Kier alpha value is -0.480. The molecule has 18 heavy (non-hydrogen) atoms. The first kappa shape index (κ1) is 15.6. The monoisotopic (exact) mass is 292 g/mol. The van der Waals surface area contributed by atoms with Gasteiger partial charge in [0.15, 0.2) is 0 Å². The fourth-order valence-electron chi connectivity index (χ4n) is 1.71. The second-order valence-corrected chi connectivity index (χ2v) is 4.92. The molecular weight excluding hydrogens is 275 g/mol. The molecule has 0 saturated heterocycles. The third-order valence-electron chi connectivity index (χ3n) is 2.71. The highest BCUT2D eigenvalue weighted by Gasteiger charge is 2.13. The van der Waals surface area contributed by atoms with Gasteiger partial charge in [0.25, 0.3) is 0 Å². The molecule has 1 aromatic rings. The molecule has 1 aromatic carbocycles. The van der Waals surface area contributed by atoms with Gasteiger partial charge >= 0.3 is 0 Å². The van der Waals surface area contributed by atoms with Crippen LogP contribution in [-0.2, 0) is 6.42 Å². The van der Waals surface area contributed by atoms with Crippen molar-refractivity contribution in [3.63, 3.8) is 0 Å². The molecule has 0 spiro atoms. The number of ether oxygens (including phenoxy) is 1. The largest absolute Gasteiger partial charge is 0.492 e. The van der Waals surface area contributed by atoms with Crippen LogP contribution in [0.4, 0.5) is 0 Å². The van der Waals surface area contributed by atoms with Crippen molar-refractivity contribution < 1.29 is 14.9 Å². The molecule has 0 aliphatic heterocycles. The van der Waals surface area contributed by atoms with Gasteiger partial charge in [0, 0.05) is 24.2 Å². The van der Waals surface area contributed by atoms with Crippen LogP contribution in [0.3, 0.4) is 0 Å². The Kier molecular flexibility index (Phi) is 6.79. The van der Waals surface area contributed by atoms with E-state index in [0.29, 0.717) is 35.2 Å². The van der Waals surface area contributed by atoms with Gasteiger partial charge in [0.2, 0.25) is 0 Å². The molecule has 0 heterocycles. The van der Waals surface area contributed by atoms with Crippen molar-refractivity contribution in [1.82, 2.24) is 0 Å². The smallest absolute Gasteiger partial charge is 0.141 e. The summed E-state index contributed by atoms with van der Waals surface area (Å²) in [7, 11) is 0. The molecule has 0 amide bonds. The van der Waals surface area contributed by atoms with Crippen molar-refractivity contribution in [3.8, 4) is 5.75 Å². The maximum Gasteiger partial charge on any atom is 0.141 e. The van der Waals surface area contributed by atoms with Crippen molar-refractivity contribution in [3.05, 3.63) is 27.7 Å². The zero-order valence-electron chi connectivity index (χ0n) is 10.3. The number of halogens is 2. The zero-order chi connectivity index (χ0) is 13.5. The summed E-state index contributed by atoms with van der Waals surface area (Å²) >= 11 is 12.1. The lowest BCUT2D eigenvalue weighted by Gasteiger charge is -2.15. The van der Waals surface area contributed by atoms with Gasteiger partial charge in [-0.25, -0.2) is 0 Å². The van der Waals surface area contributed by atoms with Crippen molar-refractivity contribution >= 4 is 23.2 Å². The number of aliphatic hydroxyl groups excluding tert-OH is 2. The Morgan fingerprint density at radius 2 is 1.89 bits per heavy atom. The quantitative estimate of drug-likeness (QED) is 0.812. The van der Waals surface area contributed by atoms with E-state index in [1.165, 1.54) is 0 Å². The molecule has 0 aliphatic carbocycles. The standard InChI is InChI=1S/C13H18Cl2O3/c1-2-18-13-10(4-3-9(7-16)8-17)5-11(14)6-12(13)15/h5-6,9,16-17H,2-4,7-8H2,1H3. The molecule has 0 fully saturated rings. The third kappa shape index (κ3) is 4.32. The molecular formula is C13H18Cl2O3. The summed E-state index contributed by atoms with van der Waals surface area (Å²) in [6.07, 6.45) is 1.31. The Morgan fingerprint density at radius 3 is 2.44 bits per heavy atom. The van der Waals surface area contributed by atoms with E-state index in [4.69, 9.17) is 38.2 Å². The molecule has 0 radical (unpaired) electrons. The highest BCUT2D eigenvalue weighted by Crippen LogP contribution is 2.33. The Balaban J connectivity index is 2.85. The van der Waals surface area contributed by atoms with Crippen LogP contribution in [-0.4, -0.2) is 30.0 Å². The van der Waals surface area contributed by atoms with E-state index < -0.39 is 0 Å². The van der Waals surface area contributed by atoms with Crippen LogP contribution in [0.5, 0.6) is 5.75 Å². The van der Waals surface area contributed by atoms with Crippen LogP contribution < -0.4 is 4.74 Å². The zero-order valence-corrected chi connectivity index (χ0v) is 11.8. The van der Waals surface area contributed by atoms with Gasteiger partial charge in [-0.05, 0) is 37.5 Å². The van der Waals surface area contributed by atoms with E-state index in [0.717, 1.165) is 5.56 Å². The van der Waals surface area contributed by atoms with Crippen LogP contribution in [0.2, 0.25) is 10.0 Å². The van der Waals surface area contributed by atoms with E-state index in [-0.39, 0.29) is 19.1 Å². The van der Waals surface area contributed by atoms with E-state index in [9.17, 15) is 0 Å². The van der Waals surface area contributed by atoms with Crippen LogP contribution in [0, 0.1) is 5.92 Å². The topological polar surface area (TPSA) is 49.7 Å². The van der Waals surface area contributed by atoms with Gasteiger partial charge in [-0.1, -0.05) is 23.2 Å². The number of hydrogen-bond donors (Lipinski definition) is 2. The van der Waals surface area contributed by atoms with Gasteiger partial charge in [0.1, 0.15) is 5.75 Å². The number of benzene rings is 1. The minimum atomic E-state index is -0.128. The third-order valence-corrected chi connectivity index (χ3v) is 3.21. The van der Waals surface area contributed by atoms with Gasteiger partial charge in [-0.15, -0.1) is 0 Å².